The number of imidazole rings is 1. The second-order valence-corrected chi connectivity index (χ2v) is 8.27. The van der Waals surface area contributed by atoms with Gasteiger partial charge in [0, 0.05) is 17.1 Å². The molecular weight excluding hydrogens is 422 g/mol. The van der Waals surface area contributed by atoms with Gasteiger partial charge in [0.2, 0.25) is 0 Å². The van der Waals surface area contributed by atoms with Crippen LogP contribution < -0.4 is 10.1 Å². The standard InChI is InChI=1S/C26H26ClN3O2/c1-18-11-12-19(2)24(15-18)32-14-6-13-30-23-10-4-3-9-22(23)29-25(30)17-28-26(31)20-7-5-8-21(27)16-20/h3-5,7-12,15-16H,6,13-14,17H2,1-2H3,(H,28,31). The summed E-state index contributed by atoms with van der Waals surface area (Å²) in [5, 5.41) is 3.50. The average Bonchev–Trinajstić information content (AvgIpc) is 3.14. The van der Waals surface area contributed by atoms with Crippen LogP contribution in [0.3, 0.4) is 0 Å². The predicted molar refractivity (Wildman–Crippen MR) is 128 cm³/mol. The molecule has 1 heterocycles. The van der Waals surface area contributed by atoms with Gasteiger partial charge in [0.25, 0.3) is 5.91 Å². The van der Waals surface area contributed by atoms with Gasteiger partial charge in [-0.2, -0.15) is 0 Å². The summed E-state index contributed by atoms with van der Waals surface area (Å²) in [7, 11) is 0. The number of carbonyl (C=O) groups is 1. The van der Waals surface area contributed by atoms with Crippen LogP contribution in [-0.4, -0.2) is 22.1 Å². The number of ether oxygens (including phenoxy) is 1. The lowest BCUT2D eigenvalue weighted by atomic mass is 10.1. The summed E-state index contributed by atoms with van der Waals surface area (Å²) in [5.41, 5.74) is 4.81. The van der Waals surface area contributed by atoms with E-state index in [1.807, 2.05) is 18.2 Å². The minimum atomic E-state index is -0.177. The van der Waals surface area contributed by atoms with E-state index in [9.17, 15) is 4.79 Å². The number of aryl methyl sites for hydroxylation is 3. The lowest BCUT2D eigenvalue weighted by molar-refractivity contribution is 0.0949. The highest BCUT2D eigenvalue weighted by molar-refractivity contribution is 6.30. The van der Waals surface area contributed by atoms with Crippen molar-refractivity contribution in [3.63, 3.8) is 0 Å². The fourth-order valence-electron chi connectivity index (χ4n) is 3.67. The van der Waals surface area contributed by atoms with Gasteiger partial charge in [-0.25, -0.2) is 4.98 Å². The number of halogens is 1. The SMILES string of the molecule is Cc1ccc(C)c(OCCCn2c(CNC(=O)c3cccc(Cl)c3)nc3ccccc32)c1. The highest BCUT2D eigenvalue weighted by Gasteiger charge is 2.13. The Kier molecular flexibility index (Phi) is 6.76. The summed E-state index contributed by atoms with van der Waals surface area (Å²) in [4.78, 5) is 17.3. The lowest BCUT2D eigenvalue weighted by Crippen LogP contribution is -2.25. The molecule has 32 heavy (non-hydrogen) atoms. The smallest absolute Gasteiger partial charge is 0.251 e. The van der Waals surface area contributed by atoms with Crippen molar-refractivity contribution in [3.05, 3.63) is 94.3 Å². The molecule has 0 unspecified atom stereocenters. The Morgan fingerprint density at radius 1 is 1.06 bits per heavy atom. The number of nitrogens with zero attached hydrogens (tertiary/aromatic N) is 2. The van der Waals surface area contributed by atoms with E-state index in [1.54, 1.807) is 24.3 Å². The maximum Gasteiger partial charge on any atom is 0.251 e. The zero-order valence-electron chi connectivity index (χ0n) is 18.3. The number of fused-ring (bicyclic) bond motifs is 1. The van der Waals surface area contributed by atoms with Crippen molar-refractivity contribution in [2.45, 2.75) is 33.4 Å². The molecule has 0 fully saturated rings. The molecule has 0 saturated carbocycles. The monoisotopic (exact) mass is 447 g/mol. The number of carbonyl (C=O) groups excluding carboxylic acids is 1. The van der Waals surface area contributed by atoms with Gasteiger partial charge in [0.05, 0.1) is 24.2 Å². The minimum absolute atomic E-state index is 0.177. The van der Waals surface area contributed by atoms with E-state index in [1.165, 1.54) is 5.56 Å². The van der Waals surface area contributed by atoms with Crippen molar-refractivity contribution >= 4 is 28.5 Å². The molecule has 1 amide bonds. The second kappa shape index (κ2) is 9.88. The van der Waals surface area contributed by atoms with Crippen molar-refractivity contribution in [1.82, 2.24) is 14.9 Å². The summed E-state index contributed by atoms with van der Waals surface area (Å²) < 4.78 is 8.17. The van der Waals surface area contributed by atoms with Crippen molar-refractivity contribution in [1.29, 1.82) is 0 Å². The maximum atomic E-state index is 12.5. The Morgan fingerprint density at radius 3 is 2.75 bits per heavy atom. The summed E-state index contributed by atoms with van der Waals surface area (Å²) >= 11 is 6.01. The molecule has 0 bridgehead atoms. The van der Waals surface area contributed by atoms with Crippen molar-refractivity contribution in [2.75, 3.05) is 6.61 Å². The Labute approximate surface area is 193 Å². The van der Waals surface area contributed by atoms with Crippen LogP contribution in [0.5, 0.6) is 5.75 Å². The zero-order valence-corrected chi connectivity index (χ0v) is 19.0. The molecule has 0 aliphatic rings. The second-order valence-electron chi connectivity index (χ2n) is 7.83. The van der Waals surface area contributed by atoms with Crippen LogP contribution in [-0.2, 0) is 13.1 Å². The molecule has 3 aromatic carbocycles. The highest BCUT2D eigenvalue weighted by Crippen LogP contribution is 2.20. The third kappa shape index (κ3) is 5.11. The maximum absolute atomic E-state index is 12.5. The molecule has 0 atom stereocenters. The number of hydrogen-bond donors (Lipinski definition) is 1. The number of amides is 1. The summed E-state index contributed by atoms with van der Waals surface area (Å²) in [6.07, 6.45) is 0.822. The lowest BCUT2D eigenvalue weighted by Gasteiger charge is -2.12. The van der Waals surface area contributed by atoms with Crippen LogP contribution in [0.2, 0.25) is 5.02 Å². The molecular formula is C26H26ClN3O2. The number of rotatable bonds is 8. The van der Waals surface area contributed by atoms with Crippen LogP contribution >= 0.6 is 11.6 Å². The third-order valence-corrected chi connectivity index (χ3v) is 5.59. The van der Waals surface area contributed by atoms with Gasteiger partial charge in [-0.05, 0) is 67.8 Å². The van der Waals surface area contributed by atoms with Crippen molar-refractivity contribution in [2.24, 2.45) is 0 Å². The molecule has 0 saturated heterocycles. The quantitative estimate of drug-likeness (QED) is 0.352. The number of aromatic nitrogens is 2. The van der Waals surface area contributed by atoms with Crippen LogP contribution in [0.1, 0.15) is 33.7 Å². The fraction of sp³-hybridized carbons (Fsp3) is 0.231. The molecule has 0 aliphatic heterocycles. The number of benzene rings is 3. The minimum Gasteiger partial charge on any atom is -0.493 e. The molecule has 0 aliphatic carbocycles. The van der Waals surface area contributed by atoms with E-state index >= 15 is 0 Å². The van der Waals surface area contributed by atoms with E-state index < -0.39 is 0 Å². The molecule has 0 radical (unpaired) electrons. The molecule has 1 N–H and O–H groups in total. The van der Waals surface area contributed by atoms with E-state index in [0.29, 0.717) is 23.7 Å². The molecule has 6 heteroatoms. The first-order valence-electron chi connectivity index (χ1n) is 10.7. The van der Waals surface area contributed by atoms with Crippen LogP contribution in [0, 0.1) is 13.8 Å². The summed E-state index contributed by atoms with van der Waals surface area (Å²) in [5.74, 6) is 1.56. The van der Waals surface area contributed by atoms with Crippen molar-refractivity contribution in [3.8, 4) is 5.75 Å². The first kappa shape index (κ1) is 21.9. The van der Waals surface area contributed by atoms with Gasteiger partial charge in [-0.3, -0.25) is 4.79 Å². The highest BCUT2D eigenvalue weighted by atomic mass is 35.5. The van der Waals surface area contributed by atoms with Crippen LogP contribution in [0.25, 0.3) is 11.0 Å². The number of para-hydroxylation sites is 2. The average molecular weight is 448 g/mol. The van der Waals surface area contributed by atoms with Gasteiger partial charge in [-0.15, -0.1) is 0 Å². The van der Waals surface area contributed by atoms with Gasteiger partial charge in [0.15, 0.2) is 0 Å². The zero-order chi connectivity index (χ0) is 22.5. The largest absolute Gasteiger partial charge is 0.493 e. The van der Waals surface area contributed by atoms with E-state index in [4.69, 9.17) is 21.3 Å². The Morgan fingerprint density at radius 2 is 1.91 bits per heavy atom. The van der Waals surface area contributed by atoms with Crippen molar-refractivity contribution < 1.29 is 9.53 Å². The summed E-state index contributed by atoms with van der Waals surface area (Å²) in [6, 6.07) is 21.2. The topological polar surface area (TPSA) is 56.1 Å². The Bertz CT molecular complexity index is 1250. The van der Waals surface area contributed by atoms with E-state index in [2.05, 4.69) is 48.0 Å². The first-order chi connectivity index (χ1) is 15.5. The molecule has 164 valence electrons. The van der Waals surface area contributed by atoms with E-state index in [-0.39, 0.29) is 5.91 Å². The van der Waals surface area contributed by atoms with Gasteiger partial charge >= 0.3 is 0 Å². The molecule has 5 nitrogen and oxygen atoms in total. The molecule has 0 spiro atoms. The molecule has 1 aromatic heterocycles. The fourth-order valence-corrected chi connectivity index (χ4v) is 3.86. The Hall–Kier alpha value is -3.31. The normalized spacial score (nSPS) is 11.0. The van der Waals surface area contributed by atoms with E-state index in [0.717, 1.165) is 41.1 Å². The predicted octanol–water partition coefficient (Wildman–Crippen LogP) is 5.71. The van der Waals surface area contributed by atoms with Crippen LogP contribution in [0.4, 0.5) is 0 Å². The number of hydrogen-bond acceptors (Lipinski definition) is 3. The summed E-state index contributed by atoms with van der Waals surface area (Å²) in [6.45, 7) is 5.80. The van der Waals surface area contributed by atoms with Gasteiger partial charge < -0.3 is 14.6 Å². The van der Waals surface area contributed by atoms with Gasteiger partial charge in [-0.1, -0.05) is 41.9 Å². The first-order valence-corrected chi connectivity index (χ1v) is 11.1. The number of nitrogens with one attached hydrogen (secondary N) is 1. The third-order valence-electron chi connectivity index (χ3n) is 5.35. The molecule has 4 aromatic rings. The molecule has 4 rings (SSSR count). The van der Waals surface area contributed by atoms with Gasteiger partial charge in [0.1, 0.15) is 11.6 Å². The van der Waals surface area contributed by atoms with Crippen LogP contribution in [0.15, 0.2) is 66.7 Å². The Balaban J connectivity index is 1.44.